The number of nitrogens with zero attached hydrogens (tertiary/aromatic N) is 4. The highest BCUT2D eigenvalue weighted by atomic mass is 32.2. The molecule has 3 N–H and O–H groups in total. The van der Waals surface area contributed by atoms with E-state index in [1.807, 2.05) is 45.0 Å². The van der Waals surface area contributed by atoms with E-state index in [-0.39, 0.29) is 42.2 Å². The molecular weight excluding hydrogens is 556 g/mol. The van der Waals surface area contributed by atoms with E-state index >= 15 is 0 Å². The second kappa shape index (κ2) is 11.2. The van der Waals surface area contributed by atoms with Crippen molar-refractivity contribution in [2.75, 3.05) is 18.5 Å². The highest BCUT2D eigenvalue weighted by Gasteiger charge is 2.74. The molecule has 1 aromatic heterocycles. The third kappa shape index (κ3) is 4.60. The zero-order chi connectivity index (χ0) is 29.6. The van der Waals surface area contributed by atoms with Gasteiger partial charge in [0, 0.05) is 10.9 Å². The molecule has 4 heterocycles. The predicted molar refractivity (Wildman–Crippen MR) is 159 cm³/mol. The summed E-state index contributed by atoms with van der Waals surface area (Å²) in [6.45, 7) is 6.12. The number of para-hydroxylation sites is 1. The molecule has 11 nitrogen and oxygen atoms in total. The summed E-state index contributed by atoms with van der Waals surface area (Å²) in [5, 5.41) is 24.7. The summed E-state index contributed by atoms with van der Waals surface area (Å²) in [5.74, 6) is -1.42. The van der Waals surface area contributed by atoms with Crippen LogP contribution in [0.4, 0.5) is 5.69 Å². The van der Waals surface area contributed by atoms with E-state index < -0.39 is 28.7 Å². The number of nitrogens with one attached hydrogen (secondary N) is 2. The molecule has 222 valence electrons. The number of rotatable bonds is 10. The van der Waals surface area contributed by atoms with Crippen molar-refractivity contribution in [1.82, 2.24) is 25.2 Å². The summed E-state index contributed by atoms with van der Waals surface area (Å²) in [5.41, 5.74) is 2.12. The summed E-state index contributed by atoms with van der Waals surface area (Å²) >= 11 is 1.59. The van der Waals surface area contributed by atoms with Crippen LogP contribution < -0.4 is 15.4 Å². The number of hydrogen-bond donors (Lipinski definition) is 3. The van der Waals surface area contributed by atoms with Gasteiger partial charge in [-0.3, -0.25) is 14.4 Å². The highest BCUT2D eigenvalue weighted by Crippen LogP contribution is 2.66. The smallest absolute Gasteiger partial charge is 0.245 e. The average Bonchev–Trinajstić information content (AvgIpc) is 3.73. The molecule has 0 radical (unpaired) electrons. The van der Waals surface area contributed by atoms with Crippen molar-refractivity contribution in [3.63, 3.8) is 0 Å². The molecule has 6 atom stereocenters. The first-order valence-electron chi connectivity index (χ1n) is 14.5. The lowest BCUT2D eigenvalue weighted by Crippen LogP contribution is -2.57. The number of thioether (sulfide) groups is 1. The molecule has 42 heavy (non-hydrogen) atoms. The Bertz CT molecular complexity index is 1490. The molecule has 2 aromatic carbocycles. The molecule has 0 saturated carbocycles. The number of benzene rings is 2. The summed E-state index contributed by atoms with van der Waals surface area (Å²) < 4.78 is 6.35. The van der Waals surface area contributed by atoms with Crippen molar-refractivity contribution in [3.8, 4) is 5.75 Å². The summed E-state index contributed by atoms with van der Waals surface area (Å²) in [6, 6.07) is 13.3. The lowest BCUT2D eigenvalue weighted by molar-refractivity contribution is -0.143. The third-order valence-corrected chi connectivity index (χ3v) is 10.8. The molecule has 1 spiro atoms. The average molecular weight is 593 g/mol. The van der Waals surface area contributed by atoms with Gasteiger partial charge in [-0.25, -0.2) is 4.68 Å². The monoisotopic (exact) mass is 592 g/mol. The van der Waals surface area contributed by atoms with Crippen LogP contribution in [0, 0.1) is 17.8 Å². The Morgan fingerprint density at radius 2 is 1.93 bits per heavy atom. The summed E-state index contributed by atoms with van der Waals surface area (Å²) in [4.78, 5) is 43.7. The van der Waals surface area contributed by atoms with E-state index in [1.165, 1.54) is 0 Å². The Morgan fingerprint density at radius 1 is 1.17 bits per heavy atom. The number of ether oxygens (including phenoxy) is 1. The molecule has 2 bridgehead atoms. The number of carbonyl (C=O) groups is 3. The van der Waals surface area contributed by atoms with Crippen molar-refractivity contribution in [2.24, 2.45) is 17.8 Å². The minimum atomic E-state index is -0.831. The van der Waals surface area contributed by atoms with E-state index in [9.17, 15) is 19.5 Å². The number of anilines is 1. The maximum absolute atomic E-state index is 14.3. The van der Waals surface area contributed by atoms with Crippen LogP contribution in [-0.4, -0.2) is 78.0 Å². The first-order chi connectivity index (χ1) is 20.3. The van der Waals surface area contributed by atoms with Crippen LogP contribution in [0.25, 0.3) is 11.0 Å². The van der Waals surface area contributed by atoms with Crippen molar-refractivity contribution in [1.29, 1.82) is 0 Å². The van der Waals surface area contributed by atoms with Gasteiger partial charge in [-0.2, -0.15) is 0 Å². The maximum Gasteiger partial charge on any atom is 0.245 e. The normalized spacial score (nSPS) is 27.0. The van der Waals surface area contributed by atoms with Crippen molar-refractivity contribution >= 4 is 46.2 Å². The van der Waals surface area contributed by atoms with Crippen LogP contribution in [0.3, 0.4) is 0 Å². The van der Waals surface area contributed by atoms with E-state index in [2.05, 4.69) is 20.9 Å². The molecule has 2 unspecified atom stereocenters. The van der Waals surface area contributed by atoms with Gasteiger partial charge in [0.05, 0.1) is 41.4 Å². The van der Waals surface area contributed by atoms with Gasteiger partial charge in [-0.15, -0.1) is 16.9 Å². The molecule has 3 fully saturated rings. The highest BCUT2D eigenvalue weighted by molar-refractivity contribution is 8.02. The van der Waals surface area contributed by atoms with Crippen molar-refractivity contribution < 1.29 is 24.2 Å². The van der Waals surface area contributed by atoms with E-state index in [1.54, 1.807) is 45.6 Å². The Labute approximate surface area is 248 Å². The van der Waals surface area contributed by atoms with Gasteiger partial charge >= 0.3 is 0 Å². The summed E-state index contributed by atoms with van der Waals surface area (Å²) in [6.07, 6.45) is 1.37. The fourth-order valence-electron chi connectivity index (χ4n) is 6.98. The Balaban J connectivity index is 1.28. The van der Waals surface area contributed by atoms with Gasteiger partial charge in [0.25, 0.3) is 0 Å². The number of fused-ring (bicyclic) bond motifs is 2. The standard InChI is InChI=1S/C30H36N6O5S/c1-4-41-19-11-9-18(10-12-19)32-27(38)24-23-13-14-30(42-23)25(24)29(40)36(22(15-37)17(2)3)26(30)28(39)31-16-35-21-8-6-5-7-20(21)33-34-35/h5-12,17,22-26,37H,4,13-16H2,1-3H3,(H,31,39)(H,32,38)/t22-,23-,24+,25-,26?,30?/m0/s1. The van der Waals surface area contributed by atoms with Crippen LogP contribution in [0.15, 0.2) is 48.5 Å². The van der Waals surface area contributed by atoms with Crippen LogP contribution in [0.1, 0.15) is 33.6 Å². The SMILES string of the molecule is CCOc1ccc(NC(=O)[C@@H]2[C@@H]3CCC4(S3)C(C(=O)NCn3nnc5ccccc53)N([C@@H](CO)C(C)C)C(=O)[C@H]24)cc1. The van der Waals surface area contributed by atoms with Crippen LogP contribution >= 0.6 is 11.8 Å². The van der Waals surface area contributed by atoms with Gasteiger partial charge in [0.1, 0.15) is 24.0 Å². The first-order valence-corrected chi connectivity index (χ1v) is 15.4. The number of amides is 3. The molecule has 3 aromatic rings. The first kappa shape index (κ1) is 28.5. The predicted octanol–water partition coefficient (Wildman–Crippen LogP) is 2.65. The molecule has 0 aliphatic carbocycles. The minimum Gasteiger partial charge on any atom is -0.494 e. The fourth-order valence-corrected chi connectivity index (χ4v) is 9.18. The Kier molecular flexibility index (Phi) is 7.61. The largest absolute Gasteiger partial charge is 0.494 e. The summed E-state index contributed by atoms with van der Waals surface area (Å²) in [7, 11) is 0. The number of carbonyl (C=O) groups excluding carboxylic acids is 3. The number of hydrogen-bond acceptors (Lipinski definition) is 8. The second-order valence-corrected chi connectivity index (χ2v) is 13.1. The lowest BCUT2D eigenvalue weighted by atomic mass is 9.70. The molecule has 6 rings (SSSR count). The molecular formula is C30H36N6O5S. The van der Waals surface area contributed by atoms with Gasteiger partial charge in [0.2, 0.25) is 17.7 Å². The van der Waals surface area contributed by atoms with Gasteiger partial charge in [-0.05, 0) is 62.1 Å². The van der Waals surface area contributed by atoms with Crippen molar-refractivity contribution in [2.45, 2.75) is 62.4 Å². The van der Waals surface area contributed by atoms with Crippen molar-refractivity contribution in [3.05, 3.63) is 48.5 Å². The Hall–Kier alpha value is -3.64. The Morgan fingerprint density at radius 3 is 2.64 bits per heavy atom. The minimum absolute atomic E-state index is 0.0787. The van der Waals surface area contributed by atoms with Crippen LogP contribution in [0.2, 0.25) is 0 Å². The zero-order valence-corrected chi connectivity index (χ0v) is 24.7. The second-order valence-electron chi connectivity index (χ2n) is 11.5. The quantitative estimate of drug-likeness (QED) is 0.327. The molecule has 3 saturated heterocycles. The van der Waals surface area contributed by atoms with Crippen LogP contribution in [0.5, 0.6) is 5.75 Å². The van der Waals surface area contributed by atoms with Crippen LogP contribution in [-0.2, 0) is 21.1 Å². The van der Waals surface area contributed by atoms with E-state index in [0.717, 1.165) is 17.5 Å². The maximum atomic E-state index is 14.3. The fraction of sp³-hybridized carbons (Fsp3) is 0.500. The van der Waals surface area contributed by atoms with Gasteiger partial charge in [-0.1, -0.05) is 31.2 Å². The van der Waals surface area contributed by atoms with E-state index in [4.69, 9.17) is 4.74 Å². The zero-order valence-electron chi connectivity index (χ0n) is 23.9. The molecule has 3 aliphatic rings. The van der Waals surface area contributed by atoms with E-state index in [0.29, 0.717) is 24.5 Å². The number of aromatic nitrogens is 3. The number of aliphatic hydroxyl groups is 1. The third-order valence-electron chi connectivity index (χ3n) is 8.86. The van der Waals surface area contributed by atoms with Gasteiger partial charge in [0.15, 0.2) is 0 Å². The lowest BCUT2D eigenvalue weighted by Gasteiger charge is -2.38. The topological polar surface area (TPSA) is 139 Å². The van der Waals surface area contributed by atoms with Gasteiger partial charge < -0.3 is 25.4 Å². The molecule has 3 amide bonds. The number of likely N-dealkylation sites (tertiary alicyclic amines) is 1. The molecule has 3 aliphatic heterocycles. The number of aliphatic hydroxyl groups excluding tert-OH is 1. The molecule has 12 heteroatoms.